The predicted octanol–water partition coefficient (Wildman–Crippen LogP) is 2.87. The van der Waals surface area contributed by atoms with Gasteiger partial charge in [0.05, 0.1) is 27.7 Å². The molecule has 0 saturated carbocycles. The van der Waals surface area contributed by atoms with E-state index in [4.69, 9.17) is 4.99 Å². The van der Waals surface area contributed by atoms with Crippen LogP contribution in [-0.2, 0) is 0 Å². The highest BCUT2D eigenvalue weighted by molar-refractivity contribution is 6.02. The fourth-order valence-corrected chi connectivity index (χ4v) is 3.38. The molecule has 0 radical (unpaired) electrons. The second kappa shape index (κ2) is 4.14. The summed E-state index contributed by atoms with van der Waals surface area (Å²) in [5.74, 6) is -0.946. The zero-order valence-corrected chi connectivity index (χ0v) is 11.9. The fraction of sp³-hybridized carbons (Fsp3) is 0. The lowest BCUT2D eigenvalue weighted by Crippen LogP contribution is -2.04. The van der Waals surface area contributed by atoms with Crippen molar-refractivity contribution in [1.29, 1.82) is 0 Å². The maximum absolute atomic E-state index is 11.6. The van der Waals surface area contributed by atoms with Gasteiger partial charge in [-0.15, -0.1) is 0 Å². The van der Waals surface area contributed by atoms with Gasteiger partial charge >= 0.3 is 5.97 Å². The Hall–Kier alpha value is -3.27. The number of carboxylic acid groups (broad SMARTS) is 1. The smallest absolute Gasteiger partial charge is 0.336 e. The molecule has 0 aromatic heterocycles. The van der Waals surface area contributed by atoms with Gasteiger partial charge in [-0.2, -0.15) is 0 Å². The fourth-order valence-electron chi connectivity index (χ4n) is 3.38. The molecule has 4 heteroatoms. The van der Waals surface area contributed by atoms with Gasteiger partial charge in [-0.25, -0.2) is 14.8 Å². The Bertz CT molecular complexity index is 1240. The molecule has 1 N–H and O–H groups in total. The lowest BCUT2D eigenvalue weighted by molar-refractivity contribution is 0.0698. The highest BCUT2D eigenvalue weighted by Crippen LogP contribution is 2.41. The van der Waals surface area contributed by atoms with Gasteiger partial charge in [-0.05, 0) is 30.3 Å². The average molecular weight is 298 g/mol. The van der Waals surface area contributed by atoms with Crippen LogP contribution in [0.15, 0.2) is 64.6 Å². The topological polar surface area (TPSA) is 62.0 Å². The number of rotatable bonds is 1. The van der Waals surface area contributed by atoms with Crippen molar-refractivity contribution >= 4 is 17.3 Å². The molecule has 108 valence electrons. The monoisotopic (exact) mass is 298 g/mol. The summed E-state index contributed by atoms with van der Waals surface area (Å²) >= 11 is 0. The van der Waals surface area contributed by atoms with E-state index < -0.39 is 5.97 Å². The summed E-state index contributed by atoms with van der Waals surface area (Å²) in [4.78, 5) is 20.9. The number of aromatic carboxylic acids is 1. The quantitative estimate of drug-likeness (QED) is 0.517. The van der Waals surface area contributed by atoms with Crippen LogP contribution in [0.4, 0.5) is 11.4 Å². The zero-order valence-electron chi connectivity index (χ0n) is 11.9. The molecule has 2 aliphatic heterocycles. The Morgan fingerprint density at radius 3 is 2.52 bits per heavy atom. The first kappa shape index (κ1) is 12.3. The Labute approximate surface area is 130 Å². The molecule has 23 heavy (non-hydrogen) atoms. The van der Waals surface area contributed by atoms with Crippen molar-refractivity contribution in [3.8, 4) is 11.1 Å². The predicted molar refractivity (Wildman–Crippen MR) is 84.6 cm³/mol. The molecule has 0 amide bonds. The van der Waals surface area contributed by atoms with Crippen molar-refractivity contribution in [2.45, 2.75) is 0 Å². The van der Waals surface area contributed by atoms with Gasteiger partial charge in [0.25, 0.3) is 0 Å². The molecular formula is C19H10N2O2. The van der Waals surface area contributed by atoms with E-state index >= 15 is 0 Å². The van der Waals surface area contributed by atoms with E-state index in [1.54, 1.807) is 12.1 Å². The van der Waals surface area contributed by atoms with Crippen molar-refractivity contribution in [2.75, 3.05) is 0 Å². The lowest BCUT2D eigenvalue weighted by Gasteiger charge is -2.06. The molecule has 0 fully saturated rings. The van der Waals surface area contributed by atoms with Crippen molar-refractivity contribution < 1.29 is 9.90 Å². The van der Waals surface area contributed by atoms with Crippen LogP contribution in [0.2, 0.25) is 0 Å². The van der Waals surface area contributed by atoms with Crippen molar-refractivity contribution in [2.24, 2.45) is 9.98 Å². The van der Waals surface area contributed by atoms with Crippen molar-refractivity contribution in [1.82, 2.24) is 0 Å². The lowest BCUT2D eigenvalue weighted by atomic mass is 9.97. The summed E-state index contributed by atoms with van der Waals surface area (Å²) in [5.41, 5.74) is 3.28. The highest BCUT2D eigenvalue weighted by Gasteiger charge is 2.25. The Kier molecular flexibility index (Phi) is 2.21. The second-order valence-corrected chi connectivity index (χ2v) is 5.60. The van der Waals surface area contributed by atoms with E-state index in [1.165, 1.54) is 0 Å². The summed E-state index contributed by atoms with van der Waals surface area (Å²) in [5, 5.41) is 13.3. The molecule has 2 heterocycles. The molecule has 2 aliphatic rings. The van der Waals surface area contributed by atoms with E-state index in [0.29, 0.717) is 11.3 Å². The van der Waals surface area contributed by atoms with Gasteiger partial charge in [0.1, 0.15) is 0 Å². The molecule has 0 aliphatic carbocycles. The van der Waals surface area contributed by atoms with Crippen molar-refractivity contribution in [3.63, 3.8) is 0 Å². The summed E-state index contributed by atoms with van der Waals surface area (Å²) < 4.78 is 0. The molecular weight excluding hydrogens is 288 g/mol. The maximum atomic E-state index is 11.6. The Balaban J connectivity index is 1.99. The van der Waals surface area contributed by atoms with Crippen LogP contribution in [0.3, 0.4) is 0 Å². The third kappa shape index (κ3) is 1.52. The van der Waals surface area contributed by atoms with Crippen LogP contribution in [-0.4, -0.2) is 11.1 Å². The molecule has 0 spiro atoms. The number of fused-ring (bicyclic) bond motifs is 6. The third-order valence-corrected chi connectivity index (χ3v) is 4.35. The first-order chi connectivity index (χ1) is 11.2. The average Bonchev–Trinajstić information content (AvgIpc) is 3.11. The van der Waals surface area contributed by atoms with Gasteiger partial charge in [-0.3, -0.25) is 0 Å². The molecule has 5 rings (SSSR count). The molecule has 0 unspecified atom stereocenters. The van der Waals surface area contributed by atoms with Gasteiger partial charge in [0, 0.05) is 21.6 Å². The molecule has 3 aromatic carbocycles. The number of nitrogens with zero attached hydrogens (tertiary/aromatic N) is 2. The highest BCUT2D eigenvalue weighted by atomic mass is 16.4. The van der Waals surface area contributed by atoms with Crippen LogP contribution in [0.1, 0.15) is 10.4 Å². The number of para-hydroxylation sites is 1. The molecule has 0 atom stereocenters. The minimum Gasteiger partial charge on any atom is -0.478 e. The van der Waals surface area contributed by atoms with Gasteiger partial charge < -0.3 is 5.11 Å². The number of hydrogen-bond acceptors (Lipinski definition) is 3. The maximum Gasteiger partial charge on any atom is 0.336 e. The van der Waals surface area contributed by atoms with Gasteiger partial charge in [0.15, 0.2) is 0 Å². The summed E-state index contributed by atoms with van der Waals surface area (Å²) in [7, 11) is 0. The van der Waals surface area contributed by atoms with Crippen LogP contribution in [0.25, 0.3) is 11.1 Å². The van der Waals surface area contributed by atoms with Crippen LogP contribution >= 0.6 is 0 Å². The molecule has 0 saturated heterocycles. The van der Waals surface area contributed by atoms with Crippen molar-refractivity contribution in [3.05, 3.63) is 81.3 Å². The number of benzene rings is 3. The van der Waals surface area contributed by atoms with Gasteiger partial charge in [-0.1, -0.05) is 24.3 Å². The minimum atomic E-state index is -0.946. The molecule has 3 aromatic rings. The zero-order chi connectivity index (χ0) is 15.6. The number of hydrogen-bond donors (Lipinski definition) is 1. The number of carbonyl (C=O) groups is 1. The molecule has 0 bridgehead atoms. The summed E-state index contributed by atoms with van der Waals surface area (Å²) in [6.45, 7) is 0. The largest absolute Gasteiger partial charge is 0.478 e. The van der Waals surface area contributed by atoms with E-state index in [-0.39, 0.29) is 5.56 Å². The van der Waals surface area contributed by atoms with Crippen LogP contribution < -0.4 is 10.7 Å². The number of carboxylic acids is 1. The molecule has 4 nitrogen and oxygen atoms in total. The van der Waals surface area contributed by atoms with E-state index in [9.17, 15) is 9.90 Å². The summed E-state index contributed by atoms with van der Waals surface area (Å²) in [6, 6.07) is 17.1. The first-order valence-electron chi connectivity index (χ1n) is 7.30. The van der Waals surface area contributed by atoms with E-state index in [0.717, 1.165) is 32.4 Å². The third-order valence-electron chi connectivity index (χ3n) is 4.35. The Morgan fingerprint density at radius 1 is 0.783 bits per heavy atom. The minimum absolute atomic E-state index is 0.268. The van der Waals surface area contributed by atoms with Crippen LogP contribution in [0, 0.1) is 10.4 Å². The standard InChI is InChI=1S/C19H10N2O2/c22-19(23)12-5-3-7-14-16(12)17-15(20-14)9-8-11-10-4-1-2-6-13(10)21-18(11)17/h1-9H,(H,22,23). The Morgan fingerprint density at radius 2 is 1.65 bits per heavy atom. The van der Waals surface area contributed by atoms with E-state index in [2.05, 4.69) is 4.99 Å². The van der Waals surface area contributed by atoms with E-state index in [1.807, 2.05) is 42.5 Å². The second-order valence-electron chi connectivity index (χ2n) is 5.60. The first-order valence-corrected chi connectivity index (χ1v) is 7.30. The van der Waals surface area contributed by atoms with Gasteiger partial charge in [0.2, 0.25) is 0 Å². The summed E-state index contributed by atoms with van der Waals surface area (Å²) in [6.07, 6.45) is 0. The van der Waals surface area contributed by atoms with Crippen LogP contribution in [0.5, 0.6) is 0 Å². The SMILES string of the molecule is O=C(O)c1cccc2c1-c1c3c(ccc1=N2)=c1ccccc1=N3. The normalized spacial score (nSPS) is 12.5.